The van der Waals surface area contributed by atoms with Gasteiger partial charge in [-0.3, -0.25) is 9.59 Å². The van der Waals surface area contributed by atoms with Gasteiger partial charge in [0.15, 0.2) is 0 Å². The average molecular weight is 508 g/mol. The van der Waals surface area contributed by atoms with Gasteiger partial charge < -0.3 is 14.8 Å². The van der Waals surface area contributed by atoms with Crippen molar-refractivity contribution in [3.63, 3.8) is 0 Å². The van der Waals surface area contributed by atoms with Crippen LogP contribution >= 0.6 is 34.8 Å². The van der Waals surface area contributed by atoms with Crippen LogP contribution < -0.4 is 10.2 Å². The third kappa shape index (κ3) is 3.69. The monoisotopic (exact) mass is 506 g/mol. The number of benzene rings is 2. The first-order valence-electron chi connectivity index (χ1n) is 10.1. The van der Waals surface area contributed by atoms with E-state index in [2.05, 4.69) is 5.32 Å². The van der Waals surface area contributed by atoms with Crippen molar-refractivity contribution in [2.45, 2.75) is 18.3 Å². The van der Waals surface area contributed by atoms with Gasteiger partial charge in [-0.05, 0) is 24.3 Å². The molecule has 0 aromatic heterocycles. The molecular formula is C23H17Cl3N2O5. The number of ether oxygens (including phenoxy) is 2. The van der Waals surface area contributed by atoms with E-state index in [1.54, 1.807) is 36.4 Å². The molecule has 3 heterocycles. The fourth-order valence-electron chi connectivity index (χ4n) is 4.62. The van der Waals surface area contributed by atoms with Crippen molar-refractivity contribution in [3.8, 4) is 0 Å². The van der Waals surface area contributed by atoms with E-state index in [1.807, 2.05) is 6.07 Å². The van der Waals surface area contributed by atoms with Crippen molar-refractivity contribution < 1.29 is 23.9 Å². The van der Waals surface area contributed by atoms with E-state index in [0.717, 1.165) is 0 Å². The molecule has 2 fully saturated rings. The van der Waals surface area contributed by atoms with Crippen molar-refractivity contribution in [1.82, 2.24) is 5.32 Å². The highest BCUT2D eigenvalue weighted by atomic mass is 35.5. The summed E-state index contributed by atoms with van der Waals surface area (Å²) in [5.74, 6) is -2.01. The molecular weight excluding hydrogens is 491 g/mol. The molecule has 0 saturated carbocycles. The standard InChI is InChI=1S/C23H17Cl3N2O5/c24-14-9-16(26)15(25)8-12(14)10-32-22(31)27-11-23-7-6-17(33-23)18-19(23)21(30)28(20(18)29)13-4-2-1-3-5-13/h1-9,17-19H,10-11H2,(H,27,31)/t17-,18-,19+,23+/m0/s1. The summed E-state index contributed by atoms with van der Waals surface area (Å²) in [6, 6.07) is 11.8. The molecule has 2 saturated heterocycles. The highest BCUT2D eigenvalue weighted by Gasteiger charge is 2.67. The van der Waals surface area contributed by atoms with Gasteiger partial charge in [0.05, 0.1) is 40.2 Å². The van der Waals surface area contributed by atoms with Gasteiger partial charge in [0.1, 0.15) is 12.2 Å². The maximum Gasteiger partial charge on any atom is 0.407 e. The Bertz CT molecular complexity index is 1190. The minimum atomic E-state index is -1.12. The summed E-state index contributed by atoms with van der Waals surface area (Å²) in [6.45, 7) is -0.157. The number of carbonyl (C=O) groups excluding carboxylic acids is 3. The van der Waals surface area contributed by atoms with Gasteiger partial charge in [0.25, 0.3) is 0 Å². The van der Waals surface area contributed by atoms with Crippen molar-refractivity contribution in [1.29, 1.82) is 0 Å². The largest absolute Gasteiger partial charge is 0.445 e. The van der Waals surface area contributed by atoms with Crippen LogP contribution in [0, 0.1) is 11.8 Å². The summed E-state index contributed by atoms with van der Waals surface area (Å²) in [5, 5.41) is 3.54. The molecule has 1 N–H and O–H groups in total. The van der Waals surface area contributed by atoms with Crippen molar-refractivity contribution in [2.24, 2.45) is 11.8 Å². The molecule has 0 aliphatic carbocycles. The Balaban J connectivity index is 1.27. The number of fused-ring (bicyclic) bond motifs is 5. The summed E-state index contributed by atoms with van der Waals surface area (Å²) < 4.78 is 11.2. The van der Waals surface area contributed by atoms with Crippen LogP contribution in [-0.4, -0.2) is 36.2 Å². The molecule has 10 heteroatoms. The Morgan fingerprint density at radius 1 is 1.06 bits per heavy atom. The third-order valence-corrected chi connectivity index (χ3v) is 7.20. The van der Waals surface area contributed by atoms with Gasteiger partial charge in [-0.2, -0.15) is 0 Å². The number of carbonyl (C=O) groups is 3. The van der Waals surface area contributed by atoms with Gasteiger partial charge >= 0.3 is 6.09 Å². The summed E-state index contributed by atoms with van der Waals surface area (Å²) in [7, 11) is 0. The van der Waals surface area contributed by atoms with Gasteiger partial charge in [0, 0.05) is 10.6 Å². The zero-order chi connectivity index (χ0) is 23.3. The minimum absolute atomic E-state index is 0.0310. The van der Waals surface area contributed by atoms with E-state index in [1.165, 1.54) is 17.0 Å². The van der Waals surface area contributed by atoms with E-state index in [9.17, 15) is 14.4 Å². The van der Waals surface area contributed by atoms with Crippen molar-refractivity contribution in [2.75, 3.05) is 11.4 Å². The van der Waals surface area contributed by atoms with Crippen molar-refractivity contribution >= 4 is 58.4 Å². The first kappa shape index (κ1) is 22.2. The first-order valence-corrected chi connectivity index (χ1v) is 11.3. The van der Waals surface area contributed by atoms with E-state index < -0.39 is 29.6 Å². The highest BCUT2D eigenvalue weighted by Crippen LogP contribution is 2.52. The van der Waals surface area contributed by atoms with Gasteiger partial charge in [-0.1, -0.05) is 65.2 Å². The second-order valence-corrected chi connectivity index (χ2v) is 9.26. The molecule has 2 bridgehead atoms. The highest BCUT2D eigenvalue weighted by molar-refractivity contribution is 6.43. The fourth-order valence-corrected chi connectivity index (χ4v) is 5.24. The number of hydrogen-bond acceptors (Lipinski definition) is 5. The predicted octanol–water partition coefficient (Wildman–Crippen LogP) is 4.39. The first-order chi connectivity index (χ1) is 15.8. The number of anilines is 1. The Labute approximate surface area is 204 Å². The normalized spacial score (nSPS) is 27.2. The lowest BCUT2D eigenvalue weighted by molar-refractivity contribution is -0.126. The molecule has 3 aliphatic heterocycles. The quantitative estimate of drug-likeness (QED) is 0.369. The van der Waals surface area contributed by atoms with Crippen LogP contribution in [0.2, 0.25) is 15.1 Å². The van der Waals surface area contributed by atoms with Gasteiger partial charge in [-0.15, -0.1) is 0 Å². The van der Waals surface area contributed by atoms with E-state index in [4.69, 9.17) is 44.3 Å². The van der Waals surface area contributed by atoms with Crippen LogP contribution in [0.3, 0.4) is 0 Å². The SMILES string of the molecule is O=C(NC[C@@]12C=C[C@H](O1)[C@@H]1C(=O)N(c3ccccc3)C(=O)[C@@H]12)OCc1cc(Cl)c(Cl)cc1Cl. The Kier molecular flexibility index (Phi) is 5.61. The molecule has 5 rings (SSSR count). The van der Waals surface area contributed by atoms with Crippen LogP contribution in [0.5, 0.6) is 0 Å². The molecule has 0 spiro atoms. The molecule has 4 atom stereocenters. The lowest BCUT2D eigenvalue weighted by Crippen LogP contribution is -2.49. The molecule has 7 nitrogen and oxygen atoms in total. The van der Waals surface area contributed by atoms with Crippen LogP contribution in [-0.2, 0) is 25.7 Å². The number of amides is 3. The number of nitrogens with zero attached hydrogens (tertiary/aromatic N) is 1. The smallest absolute Gasteiger partial charge is 0.407 e. The van der Waals surface area contributed by atoms with Gasteiger partial charge in [-0.25, -0.2) is 9.69 Å². The minimum Gasteiger partial charge on any atom is -0.445 e. The summed E-state index contributed by atoms with van der Waals surface area (Å²) in [4.78, 5) is 39.9. The van der Waals surface area contributed by atoms with Crippen LogP contribution in [0.1, 0.15) is 5.56 Å². The number of para-hydroxylation sites is 1. The Morgan fingerprint density at radius 2 is 1.79 bits per heavy atom. The molecule has 0 radical (unpaired) electrons. The topological polar surface area (TPSA) is 84.9 Å². The number of imide groups is 1. The number of alkyl carbamates (subject to hydrolysis) is 1. The van der Waals surface area contributed by atoms with E-state index in [-0.39, 0.29) is 25.0 Å². The average Bonchev–Trinajstić information content (AvgIpc) is 3.44. The molecule has 170 valence electrons. The summed E-state index contributed by atoms with van der Waals surface area (Å²) in [6.07, 6.45) is 2.26. The lowest BCUT2D eigenvalue weighted by atomic mass is 9.77. The fraction of sp³-hybridized carbons (Fsp3) is 0.261. The van der Waals surface area contributed by atoms with Crippen LogP contribution in [0.4, 0.5) is 10.5 Å². The third-order valence-electron chi connectivity index (χ3n) is 6.13. The molecule has 3 amide bonds. The predicted molar refractivity (Wildman–Crippen MR) is 122 cm³/mol. The lowest BCUT2D eigenvalue weighted by Gasteiger charge is -2.28. The van der Waals surface area contributed by atoms with Crippen LogP contribution in [0.25, 0.3) is 0 Å². The number of hydrogen-bond donors (Lipinski definition) is 1. The zero-order valence-electron chi connectivity index (χ0n) is 17.0. The van der Waals surface area contributed by atoms with Crippen molar-refractivity contribution in [3.05, 3.63) is 75.2 Å². The number of nitrogens with one attached hydrogen (secondary N) is 1. The van der Waals surface area contributed by atoms with E-state index >= 15 is 0 Å². The number of halogens is 3. The molecule has 2 aromatic rings. The zero-order valence-corrected chi connectivity index (χ0v) is 19.2. The second-order valence-electron chi connectivity index (χ2n) is 8.03. The Hall–Kier alpha value is -2.58. The molecule has 33 heavy (non-hydrogen) atoms. The molecule has 0 unspecified atom stereocenters. The van der Waals surface area contributed by atoms with Gasteiger partial charge in [0.2, 0.25) is 11.8 Å². The number of rotatable bonds is 5. The Morgan fingerprint density at radius 3 is 2.55 bits per heavy atom. The maximum absolute atomic E-state index is 13.3. The van der Waals surface area contributed by atoms with E-state index in [0.29, 0.717) is 26.3 Å². The second kappa shape index (κ2) is 8.33. The van der Waals surface area contributed by atoms with Crippen LogP contribution in [0.15, 0.2) is 54.6 Å². The maximum atomic E-state index is 13.3. The molecule has 2 aromatic carbocycles. The summed E-state index contributed by atoms with van der Waals surface area (Å²) >= 11 is 18.0. The molecule has 3 aliphatic rings. The summed E-state index contributed by atoms with van der Waals surface area (Å²) in [5.41, 5.74) is -0.110.